The highest BCUT2D eigenvalue weighted by atomic mass is 16.5. The van der Waals surface area contributed by atoms with E-state index in [1.807, 2.05) is 6.92 Å². The number of nitrogens with one attached hydrogen (secondary N) is 1. The molecule has 7 heteroatoms. The van der Waals surface area contributed by atoms with E-state index in [1.165, 1.54) is 11.8 Å². The average Bonchev–Trinajstić information content (AvgIpc) is 3.40. The van der Waals surface area contributed by atoms with E-state index in [-0.39, 0.29) is 30.9 Å². The van der Waals surface area contributed by atoms with Gasteiger partial charge in [0, 0.05) is 20.1 Å². The molecule has 1 fully saturated rings. The van der Waals surface area contributed by atoms with E-state index in [0.717, 1.165) is 12.8 Å². The maximum absolute atomic E-state index is 12.3. The Kier molecular flexibility index (Phi) is 9.73. The van der Waals surface area contributed by atoms with Crippen molar-refractivity contribution in [2.24, 2.45) is 10.9 Å². The highest BCUT2D eigenvalue weighted by Gasteiger charge is 2.44. The molecule has 150 valence electrons. The third kappa shape index (κ3) is 8.35. The van der Waals surface area contributed by atoms with Crippen LogP contribution >= 0.6 is 0 Å². The van der Waals surface area contributed by atoms with Gasteiger partial charge in [-0.1, -0.05) is 32.9 Å². The fraction of sp³-hybridized carbons (Fsp3) is 0.700. The molecule has 0 heterocycles. The van der Waals surface area contributed by atoms with Crippen molar-refractivity contribution in [2.75, 3.05) is 26.3 Å². The monoisotopic (exact) mass is 376 g/mol. The zero-order valence-corrected chi connectivity index (χ0v) is 17.0. The molecule has 2 amide bonds. The molecule has 0 aromatic rings. The number of aliphatic imine (C=N–C) groups is 1. The summed E-state index contributed by atoms with van der Waals surface area (Å²) in [5.41, 5.74) is -0.755. The van der Waals surface area contributed by atoms with Gasteiger partial charge in [-0.05, 0) is 31.6 Å². The average molecular weight is 377 g/mol. The normalized spacial score (nSPS) is 16.6. The minimum Gasteiger partial charge on any atom is -0.374 e. The summed E-state index contributed by atoms with van der Waals surface area (Å²) in [4.78, 5) is 30.4. The topological polar surface area (TPSA) is 94.8 Å². The first-order valence-corrected chi connectivity index (χ1v) is 9.65. The lowest BCUT2D eigenvalue weighted by Crippen LogP contribution is -2.47. The van der Waals surface area contributed by atoms with E-state index in [2.05, 4.69) is 42.4 Å². The fourth-order valence-electron chi connectivity index (χ4n) is 2.42. The Balaban J connectivity index is 2.84. The van der Waals surface area contributed by atoms with Gasteiger partial charge in [0.1, 0.15) is 24.5 Å². The lowest BCUT2D eigenvalue weighted by Gasteiger charge is -2.23. The van der Waals surface area contributed by atoms with Crippen molar-refractivity contribution in [3.8, 4) is 6.07 Å². The Hall–Kier alpha value is -2.20. The minimum atomic E-state index is -0.755. The van der Waals surface area contributed by atoms with Crippen molar-refractivity contribution in [3.05, 3.63) is 12.2 Å². The molecule has 0 aliphatic heterocycles. The van der Waals surface area contributed by atoms with Gasteiger partial charge >= 0.3 is 0 Å². The number of hydrogen-bond donors (Lipinski definition) is 1. The molecule has 1 N–H and O–H groups in total. The summed E-state index contributed by atoms with van der Waals surface area (Å²) in [7, 11) is 0. The molecule has 1 unspecified atom stereocenters. The van der Waals surface area contributed by atoms with Gasteiger partial charge < -0.3 is 10.1 Å². The second kappa shape index (κ2) is 11.5. The van der Waals surface area contributed by atoms with Gasteiger partial charge in [0.2, 0.25) is 11.8 Å². The molecule has 1 aliphatic rings. The molecule has 0 aromatic heterocycles. The van der Waals surface area contributed by atoms with Crippen LogP contribution in [0.15, 0.2) is 17.1 Å². The van der Waals surface area contributed by atoms with Crippen LogP contribution in [0.4, 0.5) is 0 Å². The number of nitriles is 1. The smallest absolute Gasteiger partial charge is 0.241 e. The van der Waals surface area contributed by atoms with Crippen molar-refractivity contribution in [1.82, 2.24) is 10.2 Å². The van der Waals surface area contributed by atoms with Crippen molar-refractivity contribution < 1.29 is 14.3 Å². The van der Waals surface area contributed by atoms with Crippen LogP contribution in [0.1, 0.15) is 53.4 Å². The van der Waals surface area contributed by atoms with Crippen LogP contribution in [0.5, 0.6) is 0 Å². The maximum Gasteiger partial charge on any atom is 0.241 e. The lowest BCUT2D eigenvalue weighted by molar-refractivity contribution is -0.131. The molecule has 0 saturated heterocycles. The van der Waals surface area contributed by atoms with Crippen molar-refractivity contribution in [1.29, 1.82) is 5.26 Å². The first-order chi connectivity index (χ1) is 12.9. The number of allylic oxidation sites excluding steroid dienone is 1. The van der Waals surface area contributed by atoms with Gasteiger partial charge in [-0.3, -0.25) is 19.5 Å². The second-order valence-corrected chi connectivity index (χ2v) is 6.97. The molecule has 27 heavy (non-hydrogen) atoms. The predicted octanol–water partition coefficient (Wildman–Crippen LogP) is 2.43. The molecule has 0 spiro atoms. The molecule has 1 atom stereocenters. The number of nitrogens with zero attached hydrogens (tertiary/aromatic N) is 3. The van der Waals surface area contributed by atoms with Crippen LogP contribution in [0.25, 0.3) is 0 Å². The van der Waals surface area contributed by atoms with E-state index in [1.54, 1.807) is 0 Å². The number of carbonyl (C=O) groups excluding carboxylic acids is 2. The van der Waals surface area contributed by atoms with Gasteiger partial charge in [0.25, 0.3) is 0 Å². The molecule has 0 aromatic carbocycles. The molecular formula is C20H32N4O3. The number of amidine groups is 1. The number of amides is 2. The van der Waals surface area contributed by atoms with Crippen LogP contribution in [0.2, 0.25) is 0 Å². The zero-order chi connectivity index (χ0) is 20.3. The molecule has 0 bridgehead atoms. The Labute approximate surface area is 162 Å². The summed E-state index contributed by atoms with van der Waals surface area (Å²) in [5.74, 6) is 0.0423. The summed E-state index contributed by atoms with van der Waals surface area (Å²) in [6.07, 6.45) is 7.28. The Morgan fingerprint density at radius 2 is 2.11 bits per heavy atom. The van der Waals surface area contributed by atoms with Gasteiger partial charge in [0.15, 0.2) is 0 Å². The quantitative estimate of drug-likeness (QED) is 0.259. The summed E-state index contributed by atoms with van der Waals surface area (Å²) >= 11 is 0. The molecule has 7 nitrogen and oxygen atoms in total. The number of carbonyl (C=O) groups is 2. The lowest BCUT2D eigenvalue weighted by atomic mass is 10.1. The molecule has 1 rings (SSSR count). The Morgan fingerprint density at radius 1 is 1.41 bits per heavy atom. The van der Waals surface area contributed by atoms with E-state index in [4.69, 9.17) is 10.00 Å². The van der Waals surface area contributed by atoms with Crippen LogP contribution in [-0.4, -0.2) is 54.4 Å². The highest BCUT2D eigenvalue weighted by Crippen LogP contribution is 2.34. The number of hydrogen-bond acceptors (Lipinski definition) is 5. The minimum absolute atomic E-state index is 0.160. The highest BCUT2D eigenvalue weighted by molar-refractivity contribution is 6.01. The van der Waals surface area contributed by atoms with Gasteiger partial charge in [0.05, 0.1) is 6.07 Å². The van der Waals surface area contributed by atoms with Crippen LogP contribution < -0.4 is 5.32 Å². The summed E-state index contributed by atoms with van der Waals surface area (Å²) in [5, 5.41) is 11.8. The molecule has 1 saturated carbocycles. The third-order valence-electron chi connectivity index (χ3n) is 4.18. The molecular weight excluding hydrogens is 344 g/mol. The van der Waals surface area contributed by atoms with Gasteiger partial charge in [-0.2, -0.15) is 5.26 Å². The van der Waals surface area contributed by atoms with Crippen molar-refractivity contribution in [3.63, 3.8) is 0 Å². The summed E-state index contributed by atoms with van der Waals surface area (Å²) in [6, 6.07) is 2.12. The molecule has 1 aliphatic carbocycles. The first kappa shape index (κ1) is 22.8. The zero-order valence-electron chi connectivity index (χ0n) is 17.0. The van der Waals surface area contributed by atoms with Crippen LogP contribution in [-0.2, 0) is 14.3 Å². The van der Waals surface area contributed by atoms with Crippen LogP contribution in [0.3, 0.4) is 0 Å². The number of ether oxygens (including phenoxy) is 1. The summed E-state index contributed by atoms with van der Waals surface area (Å²) in [6.45, 7) is 8.60. The largest absolute Gasteiger partial charge is 0.374 e. The van der Waals surface area contributed by atoms with E-state index < -0.39 is 5.54 Å². The first-order valence-electron chi connectivity index (χ1n) is 9.65. The molecule has 0 radical (unpaired) electrons. The fourth-order valence-corrected chi connectivity index (χ4v) is 2.42. The SMILES string of the molecule is CCC=CC(C)CN=C(COCCC)N(CC(=O)NC1(C#N)CC1)C(C)=O. The third-order valence-corrected chi connectivity index (χ3v) is 4.18. The van der Waals surface area contributed by atoms with Crippen LogP contribution in [0, 0.1) is 17.2 Å². The van der Waals surface area contributed by atoms with Crippen molar-refractivity contribution in [2.45, 2.75) is 58.9 Å². The standard InChI is InChI=1S/C20H32N4O3/c1-5-7-8-16(3)12-22-18(14-27-11-6-2)24(17(4)25)13-19(26)23-20(15-21)9-10-20/h7-8,16H,5-6,9-14H2,1-4H3,(H,23,26). The van der Waals surface area contributed by atoms with E-state index in [9.17, 15) is 9.59 Å². The second-order valence-electron chi connectivity index (χ2n) is 6.97. The van der Waals surface area contributed by atoms with E-state index in [0.29, 0.717) is 31.8 Å². The maximum atomic E-state index is 12.3. The van der Waals surface area contributed by atoms with E-state index >= 15 is 0 Å². The summed E-state index contributed by atoms with van der Waals surface area (Å²) < 4.78 is 5.58. The Bertz CT molecular complexity index is 603. The number of rotatable bonds is 11. The Morgan fingerprint density at radius 3 is 2.63 bits per heavy atom. The van der Waals surface area contributed by atoms with Gasteiger partial charge in [-0.25, -0.2) is 0 Å². The van der Waals surface area contributed by atoms with Gasteiger partial charge in [-0.15, -0.1) is 0 Å². The predicted molar refractivity (Wildman–Crippen MR) is 105 cm³/mol. The van der Waals surface area contributed by atoms with Crippen molar-refractivity contribution >= 4 is 17.6 Å².